The molecule has 0 bridgehead atoms. The van der Waals surface area contributed by atoms with Crippen molar-refractivity contribution in [1.82, 2.24) is 0 Å². The summed E-state index contributed by atoms with van der Waals surface area (Å²) in [4.78, 5) is 31.4. The smallest absolute Gasteiger partial charge is 0.778 e. The van der Waals surface area contributed by atoms with Gasteiger partial charge in [0.1, 0.15) is 14.2 Å². The second kappa shape index (κ2) is 22.6. The Hall–Kier alpha value is 0.800. The summed E-state index contributed by atoms with van der Waals surface area (Å²) in [5.74, 6) is -0.396. The van der Waals surface area contributed by atoms with E-state index in [0.29, 0.717) is 6.42 Å². The van der Waals surface area contributed by atoms with Crippen LogP contribution in [0, 0.1) is 0 Å². The van der Waals surface area contributed by atoms with E-state index in [1.807, 2.05) is 0 Å². The van der Waals surface area contributed by atoms with Gasteiger partial charge in [0.05, 0.1) is 10.7 Å². The molecule has 0 radical (unpaired) electrons. The quantitative estimate of drug-likeness (QED) is 0.0620. The van der Waals surface area contributed by atoms with Crippen molar-refractivity contribution in [3.8, 4) is 0 Å². The van der Waals surface area contributed by atoms with Crippen LogP contribution in [-0.2, 0) is 14.1 Å². The molecule has 0 aromatic heterocycles. The molecule has 0 fully saturated rings. The number of aliphatic hydroxyl groups excluding tert-OH is 1. The summed E-state index contributed by atoms with van der Waals surface area (Å²) in [6.07, 6.45) is 19.0. The number of hydrogen-bond acceptors (Lipinski definition) is 5. The van der Waals surface area contributed by atoms with E-state index in [0.717, 1.165) is 32.1 Å². The van der Waals surface area contributed by atoms with E-state index in [4.69, 9.17) is 9.63 Å². The molecule has 9 heteroatoms. The molecular weight excluding hydrogens is 494 g/mol. The number of ether oxygens (including phenoxy) is 1. The summed E-state index contributed by atoms with van der Waals surface area (Å²) in [5, 5.41) is 9.65. The van der Waals surface area contributed by atoms with E-state index in [-0.39, 0.29) is 42.6 Å². The minimum Gasteiger partial charge on any atom is -0.778 e. The van der Waals surface area contributed by atoms with E-state index in [1.54, 1.807) is 0 Å². The average Bonchev–Trinajstić information content (AvgIpc) is 2.68. The van der Waals surface area contributed by atoms with Crippen molar-refractivity contribution in [2.24, 2.45) is 0 Å². The minimum atomic E-state index is -4.54. The number of allylic oxidation sites excluding steroid dienone is 2. The van der Waals surface area contributed by atoms with Crippen LogP contribution in [0.1, 0.15) is 103 Å². The van der Waals surface area contributed by atoms with Crippen molar-refractivity contribution in [3.63, 3.8) is 0 Å². The first-order chi connectivity index (χ1) is 14.3. The number of hydrogen-bond donors (Lipinski definition) is 2. The first-order valence-corrected chi connectivity index (χ1v) is 14.0. The molecule has 0 spiro atoms. The van der Waals surface area contributed by atoms with Crippen LogP contribution in [0.15, 0.2) is 12.2 Å². The second-order valence-electron chi connectivity index (χ2n) is 7.91. The Kier molecular flexibility index (Phi) is 24.7. The molecule has 0 aromatic carbocycles. The fraction of sp³-hybridized carbons (Fsp3) is 0.864. The number of carbonyl (C=O) groups excluding carboxylic acids is 1. The van der Waals surface area contributed by atoms with Gasteiger partial charge in [-0.15, -0.1) is 0 Å². The molecule has 31 heavy (non-hydrogen) atoms. The van der Waals surface area contributed by atoms with Crippen molar-refractivity contribution in [1.29, 1.82) is 0 Å². The maximum absolute atomic E-state index is 11.6. The van der Waals surface area contributed by atoms with E-state index < -0.39 is 24.2 Å². The third-order valence-corrected chi connectivity index (χ3v) is 7.75. The van der Waals surface area contributed by atoms with Crippen LogP contribution in [0.2, 0.25) is 0 Å². The van der Waals surface area contributed by atoms with Crippen molar-refractivity contribution in [2.75, 3.05) is 6.61 Å². The van der Waals surface area contributed by atoms with Gasteiger partial charge in [-0.2, -0.15) is 0 Å². The van der Waals surface area contributed by atoms with Gasteiger partial charge >= 0.3 is 35.5 Å². The topological polar surface area (TPSA) is 107 Å². The van der Waals surface area contributed by atoms with Gasteiger partial charge in [0.2, 0.25) is 0 Å². The maximum Gasteiger partial charge on any atom is 1.00 e. The summed E-state index contributed by atoms with van der Waals surface area (Å²) < 4.78 is 14.6. The van der Waals surface area contributed by atoms with Crippen LogP contribution in [0.25, 0.3) is 0 Å². The van der Waals surface area contributed by atoms with Gasteiger partial charge < -0.3 is 24.2 Å². The Labute approximate surface area is 219 Å². The normalized spacial score (nSPS) is 15.3. The third kappa shape index (κ3) is 23.7. The number of aliphatic hydroxyl groups is 1. The minimum absolute atomic E-state index is 0. The van der Waals surface area contributed by atoms with E-state index in [1.165, 1.54) is 51.4 Å². The molecule has 2 N–H and O–H groups in total. The van der Waals surface area contributed by atoms with E-state index >= 15 is 0 Å². The zero-order valence-electron chi connectivity index (χ0n) is 19.5. The summed E-state index contributed by atoms with van der Waals surface area (Å²) in [6.45, 7) is 1.97. The van der Waals surface area contributed by atoms with Crippen LogP contribution in [0.3, 0.4) is 0 Å². The number of esters is 1. The summed E-state index contributed by atoms with van der Waals surface area (Å²) in [7, 11) is -4.54. The SMILES string of the molecule is CCCCCCCC/C=C\CCCCCCCC(=O)OC[C@@H](O)CC(Br)P(=O)([O-])O.[Na+]. The first-order valence-electron chi connectivity index (χ1n) is 11.4. The zero-order chi connectivity index (χ0) is 22.7. The van der Waals surface area contributed by atoms with Crippen LogP contribution in [-0.4, -0.2) is 33.2 Å². The van der Waals surface area contributed by atoms with Crippen LogP contribution >= 0.6 is 23.5 Å². The Morgan fingerprint density at radius 2 is 1.48 bits per heavy atom. The van der Waals surface area contributed by atoms with Crippen LogP contribution in [0.4, 0.5) is 0 Å². The number of alkyl halides is 1. The first kappa shape index (κ1) is 34.0. The molecule has 0 aromatic rings. The van der Waals surface area contributed by atoms with E-state index in [9.17, 15) is 19.4 Å². The summed E-state index contributed by atoms with van der Waals surface area (Å²) >= 11 is 2.78. The molecule has 0 aliphatic rings. The molecule has 178 valence electrons. The molecular formula is C22H41BrNaO6P. The molecule has 3 atom stereocenters. The molecule has 0 amide bonds. The fourth-order valence-corrected chi connectivity index (χ4v) is 3.97. The van der Waals surface area contributed by atoms with Gasteiger partial charge in [-0.25, -0.2) is 0 Å². The van der Waals surface area contributed by atoms with Gasteiger partial charge in [-0.05, 0) is 38.5 Å². The standard InChI is InChI=1S/C22H42BrO6P.Na/c1-2-3-4-5-6-7-8-9-10-11-12-13-14-15-16-17-22(25)29-19-20(24)18-21(23)30(26,27)28;/h9-10,20-21,24H,2-8,11-19H2,1H3,(H2,26,27,28);/q;+1/p-1/b10-9-;/t20-,21?;/m0./s1. The zero-order valence-corrected chi connectivity index (χ0v) is 24.0. The summed E-state index contributed by atoms with van der Waals surface area (Å²) in [5.41, 5.74) is 0. The molecule has 0 aliphatic heterocycles. The van der Waals surface area contributed by atoms with Crippen molar-refractivity contribution < 1.29 is 58.5 Å². The molecule has 2 unspecified atom stereocenters. The Morgan fingerprint density at radius 3 is 2.00 bits per heavy atom. The number of unbranched alkanes of at least 4 members (excludes halogenated alkanes) is 11. The van der Waals surface area contributed by atoms with Crippen molar-refractivity contribution in [3.05, 3.63) is 12.2 Å². The monoisotopic (exact) mass is 534 g/mol. The van der Waals surface area contributed by atoms with Gasteiger partial charge in [0.25, 0.3) is 0 Å². The van der Waals surface area contributed by atoms with Crippen LogP contribution < -0.4 is 34.5 Å². The molecule has 0 rings (SSSR count). The summed E-state index contributed by atoms with van der Waals surface area (Å²) in [6, 6.07) is 0. The number of rotatable bonds is 20. The van der Waals surface area contributed by atoms with Crippen molar-refractivity contribution in [2.45, 2.75) is 114 Å². The Bertz CT molecular complexity index is 500. The Balaban J connectivity index is 0. The third-order valence-electron chi connectivity index (χ3n) is 4.90. The van der Waals surface area contributed by atoms with Crippen molar-refractivity contribution >= 4 is 29.5 Å². The van der Waals surface area contributed by atoms with E-state index in [2.05, 4.69) is 35.0 Å². The van der Waals surface area contributed by atoms with Gasteiger partial charge in [-0.3, -0.25) is 4.79 Å². The fourth-order valence-electron chi connectivity index (χ4n) is 3.03. The largest absolute Gasteiger partial charge is 1.00 e. The molecule has 0 saturated heterocycles. The number of carbonyl (C=O) groups is 1. The van der Waals surface area contributed by atoms with Gasteiger partial charge in [0.15, 0.2) is 0 Å². The van der Waals surface area contributed by atoms with Gasteiger partial charge in [0, 0.05) is 6.42 Å². The molecule has 6 nitrogen and oxygen atoms in total. The average molecular weight is 535 g/mol. The van der Waals surface area contributed by atoms with Gasteiger partial charge in [-0.1, -0.05) is 86.4 Å². The molecule has 0 aliphatic carbocycles. The van der Waals surface area contributed by atoms with Crippen LogP contribution in [0.5, 0.6) is 0 Å². The predicted molar refractivity (Wildman–Crippen MR) is 124 cm³/mol. The molecule has 0 heterocycles. The predicted octanol–water partition coefficient (Wildman–Crippen LogP) is 2.59. The second-order valence-corrected chi connectivity index (χ2v) is 11.5. The molecule has 0 saturated carbocycles. The Morgan fingerprint density at radius 1 is 1.00 bits per heavy atom. The number of halogens is 1. The maximum atomic E-state index is 11.6.